The van der Waals surface area contributed by atoms with Crippen molar-refractivity contribution in [1.82, 2.24) is 9.78 Å². The van der Waals surface area contributed by atoms with Gasteiger partial charge in [-0.05, 0) is 42.2 Å². The fraction of sp³-hybridized carbons (Fsp3) is 0.364. The smallest absolute Gasteiger partial charge is 0.422 e. The van der Waals surface area contributed by atoms with Crippen molar-refractivity contribution in [3.05, 3.63) is 54.0 Å². The fourth-order valence-electron chi connectivity index (χ4n) is 3.65. The monoisotopic (exact) mass is 437 g/mol. The number of aromatic nitrogens is 2. The van der Waals surface area contributed by atoms with E-state index >= 15 is 0 Å². The van der Waals surface area contributed by atoms with Crippen molar-refractivity contribution in [2.45, 2.75) is 37.5 Å². The maximum Gasteiger partial charge on any atom is 0.422 e. The topological polar surface area (TPSA) is 59.6 Å². The molecule has 0 spiro atoms. The maximum atomic E-state index is 14.0. The Labute approximate surface area is 177 Å². The molecule has 0 fully saturated rings. The van der Waals surface area contributed by atoms with E-state index in [2.05, 4.69) is 10.1 Å². The number of halogens is 4. The van der Waals surface area contributed by atoms with Crippen LogP contribution in [0.15, 0.2) is 47.6 Å². The Hall–Kier alpha value is -2.94. The zero-order chi connectivity index (χ0) is 23.0. The Kier molecular flexibility index (Phi) is 5.84. The van der Waals surface area contributed by atoms with Gasteiger partial charge in [0.05, 0.1) is 24.5 Å². The predicted octanol–water partition coefficient (Wildman–Crippen LogP) is 5.08. The Bertz CT molecular complexity index is 1120. The number of alkyl halides is 3. The van der Waals surface area contributed by atoms with Gasteiger partial charge < -0.3 is 9.84 Å². The maximum absolute atomic E-state index is 14.0. The molecular weight excluding hydrogens is 414 g/mol. The molecule has 1 heterocycles. The number of ether oxygens (including phenoxy) is 1. The summed E-state index contributed by atoms with van der Waals surface area (Å²) in [5, 5.41) is 15.3. The van der Waals surface area contributed by atoms with Crippen molar-refractivity contribution in [1.29, 1.82) is 0 Å². The number of nitrogens with zero attached hydrogens (tertiary/aromatic N) is 3. The van der Waals surface area contributed by atoms with Crippen LogP contribution in [0.4, 0.5) is 23.2 Å². The second-order valence-electron chi connectivity index (χ2n) is 8.06. The van der Waals surface area contributed by atoms with Gasteiger partial charge >= 0.3 is 6.18 Å². The molecule has 1 atom stereocenters. The minimum absolute atomic E-state index is 0.209. The first-order valence-corrected chi connectivity index (χ1v) is 9.47. The summed E-state index contributed by atoms with van der Waals surface area (Å²) in [6, 6.07) is 8.56. The average molecular weight is 437 g/mol. The fourth-order valence-corrected chi connectivity index (χ4v) is 3.65. The molecule has 0 saturated carbocycles. The summed E-state index contributed by atoms with van der Waals surface area (Å²) < 4.78 is 62.5. The highest BCUT2D eigenvalue weighted by Crippen LogP contribution is 2.43. The molecule has 0 radical (unpaired) electrons. The zero-order valence-corrected chi connectivity index (χ0v) is 17.5. The molecule has 166 valence electrons. The standard InChI is InChI=1S/C22H23F4N3O2/c1-20(2,16-10-14(23)8-9-19(16)31-4)12-21(30,22(24,25)26)13-27-17-6-5-7-18-15(17)11-28-29(18)3/h5-11,13,30H,12H2,1-4H3/b27-13-. The van der Waals surface area contributed by atoms with E-state index in [1.54, 1.807) is 23.9 Å². The van der Waals surface area contributed by atoms with E-state index in [1.807, 2.05) is 0 Å². The number of aryl methyl sites for hydroxylation is 1. The van der Waals surface area contributed by atoms with Crippen LogP contribution in [-0.4, -0.2) is 40.0 Å². The van der Waals surface area contributed by atoms with Crippen molar-refractivity contribution in [2.24, 2.45) is 12.0 Å². The number of benzene rings is 2. The van der Waals surface area contributed by atoms with Crippen LogP contribution in [0.3, 0.4) is 0 Å². The van der Waals surface area contributed by atoms with Gasteiger partial charge in [-0.1, -0.05) is 19.9 Å². The minimum atomic E-state index is -5.02. The summed E-state index contributed by atoms with van der Waals surface area (Å²) >= 11 is 0. The summed E-state index contributed by atoms with van der Waals surface area (Å²) in [5.74, 6) is -0.385. The lowest BCUT2D eigenvalue weighted by atomic mass is 9.74. The van der Waals surface area contributed by atoms with Gasteiger partial charge in [-0.3, -0.25) is 9.67 Å². The number of methoxy groups -OCH3 is 1. The molecule has 1 aromatic heterocycles. The molecule has 5 nitrogen and oxygen atoms in total. The van der Waals surface area contributed by atoms with Crippen molar-refractivity contribution in [2.75, 3.05) is 7.11 Å². The van der Waals surface area contributed by atoms with E-state index in [4.69, 9.17) is 4.74 Å². The molecule has 3 aromatic rings. The molecule has 0 saturated heterocycles. The number of aliphatic imine (C=N–C) groups is 1. The molecule has 31 heavy (non-hydrogen) atoms. The quantitative estimate of drug-likeness (QED) is 0.432. The van der Waals surface area contributed by atoms with E-state index < -0.39 is 29.4 Å². The highest BCUT2D eigenvalue weighted by atomic mass is 19.4. The molecule has 0 amide bonds. The number of aliphatic hydroxyl groups is 1. The third-order valence-corrected chi connectivity index (χ3v) is 5.28. The van der Waals surface area contributed by atoms with Gasteiger partial charge in [-0.2, -0.15) is 18.3 Å². The van der Waals surface area contributed by atoms with Crippen LogP contribution < -0.4 is 4.74 Å². The molecule has 2 aromatic carbocycles. The van der Waals surface area contributed by atoms with Gasteiger partial charge in [0.2, 0.25) is 0 Å². The second kappa shape index (κ2) is 7.96. The van der Waals surface area contributed by atoms with Crippen LogP contribution >= 0.6 is 0 Å². The molecule has 1 N–H and O–H groups in total. The Balaban J connectivity index is 2.03. The largest absolute Gasteiger partial charge is 0.496 e. The van der Waals surface area contributed by atoms with E-state index in [-0.39, 0.29) is 17.0 Å². The van der Waals surface area contributed by atoms with Gasteiger partial charge in [0.25, 0.3) is 0 Å². The van der Waals surface area contributed by atoms with Crippen molar-refractivity contribution in [3.63, 3.8) is 0 Å². The van der Waals surface area contributed by atoms with Crippen LogP contribution in [0.2, 0.25) is 0 Å². The molecule has 0 bridgehead atoms. The summed E-state index contributed by atoms with van der Waals surface area (Å²) in [6.45, 7) is 2.97. The molecule has 0 aliphatic heterocycles. The summed E-state index contributed by atoms with van der Waals surface area (Å²) in [4.78, 5) is 3.97. The van der Waals surface area contributed by atoms with Crippen LogP contribution in [0.1, 0.15) is 25.8 Å². The molecule has 0 aliphatic rings. The number of hydrogen-bond acceptors (Lipinski definition) is 4. The first-order chi connectivity index (χ1) is 14.4. The zero-order valence-electron chi connectivity index (χ0n) is 17.5. The lowest BCUT2D eigenvalue weighted by Gasteiger charge is -2.36. The molecular formula is C22H23F4N3O2. The predicted molar refractivity (Wildman–Crippen MR) is 110 cm³/mol. The molecule has 3 rings (SSSR count). The summed E-state index contributed by atoms with van der Waals surface area (Å²) in [6.07, 6.45) is -3.81. The van der Waals surface area contributed by atoms with Crippen LogP contribution in [0.5, 0.6) is 5.75 Å². The molecule has 0 aliphatic carbocycles. The highest BCUT2D eigenvalue weighted by Gasteiger charge is 2.55. The van der Waals surface area contributed by atoms with Crippen molar-refractivity contribution >= 4 is 22.8 Å². The second-order valence-corrected chi connectivity index (χ2v) is 8.06. The van der Waals surface area contributed by atoms with Crippen LogP contribution in [0.25, 0.3) is 10.9 Å². The SMILES string of the molecule is COc1ccc(F)cc1C(C)(C)CC(O)(/C=N\c1cccc2c1cnn2C)C(F)(F)F. The van der Waals surface area contributed by atoms with E-state index in [9.17, 15) is 22.7 Å². The van der Waals surface area contributed by atoms with Gasteiger partial charge in [0.15, 0.2) is 5.60 Å². The summed E-state index contributed by atoms with van der Waals surface area (Å²) in [7, 11) is 3.05. The van der Waals surface area contributed by atoms with E-state index in [0.29, 0.717) is 17.1 Å². The van der Waals surface area contributed by atoms with E-state index in [0.717, 1.165) is 12.1 Å². The number of rotatable bonds is 6. The van der Waals surface area contributed by atoms with Crippen molar-refractivity contribution in [3.8, 4) is 5.75 Å². The van der Waals surface area contributed by atoms with E-state index in [1.165, 1.54) is 39.3 Å². The Morgan fingerprint density at radius 3 is 2.55 bits per heavy atom. The number of fused-ring (bicyclic) bond motifs is 1. The van der Waals surface area contributed by atoms with Crippen LogP contribution in [-0.2, 0) is 12.5 Å². The first kappa shape index (κ1) is 22.7. The lowest BCUT2D eigenvalue weighted by Crippen LogP contribution is -2.50. The Morgan fingerprint density at radius 2 is 1.90 bits per heavy atom. The molecule has 1 unspecified atom stereocenters. The Morgan fingerprint density at radius 1 is 1.19 bits per heavy atom. The third kappa shape index (κ3) is 4.41. The number of hydrogen-bond donors (Lipinski definition) is 1. The summed E-state index contributed by atoms with van der Waals surface area (Å²) in [5.41, 5.74) is -3.42. The lowest BCUT2D eigenvalue weighted by molar-refractivity contribution is -0.234. The third-order valence-electron chi connectivity index (χ3n) is 5.28. The average Bonchev–Trinajstić information content (AvgIpc) is 3.07. The van der Waals surface area contributed by atoms with Gasteiger partial charge in [0.1, 0.15) is 11.6 Å². The van der Waals surface area contributed by atoms with Crippen LogP contribution in [0, 0.1) is 5.82 Å². The molecule has 9 heteroatoms. The van der Waals surface area contributed by atoms with Gasteiger partial charge in [-0.25, -0.2) is 4.39 Å². The van der Waals surface area contributed by atoms with Crippen molar-refractivity contribution < 1.29 is 27.4 Å². The van der Waals surface area contributed by atoms with Gasteiger partial charge in [-0.15, -0.1) is 0 Å². The normalized spacial score (nSPS) is 14.9. The van der Waals surface area contributed by atoms with Gasteiger partial charge in [0, 0.05) is 24.2 Å². The first-order valence-electron chi connectivity index (χ1n) is 9.47. The minimum Gasteiger partial charge on any atom is -0.496 e. The highest BCUT2D eigenvalue weighted by molar-refractivity contribution is 5.92.